The first-order valence-electron chi connectivity index (χ1n) is 6.41. The fourth-order valence-electron chi connectivity index (χ4n) is 1.89. The van der Waals surface area contributed by atoms with Gasteiger partial charge in [0, 0.05) is 13.1 Å². The number of hydrazine groups is 1. The average molecular weight is 267 g/mol. The molecular formula is C11H21N7O. The van der Waals surface area contributed by atoms with Gasteiger partial charge in [-0.15, -0.1) is 0 Å². The van der Waals surface area contributed by atoms with E-state index >= 15 is 0 Å². The maximum Gasteiger partial charge on any atom is 0.243 e. The van der Waals surface area contributed by atoms with E-state index in [2.05, 4.69) is 30.6 Å². The third-order valence-corrected chi connectivity index (χ3v) is 2.99. The first kappa shape index (κ1) is 13.8. The summed E-state index contributed by atoms with van der Waals surface area (Å²) in [5.74, 6) is 6.71. The van der Waals surface area contributed by atoms with E-state index < -0.39 is 5.54 Å². The zero-order chi connectivity index (χ0) is 13.9. The Morgan fingerprint density at radius 2 is 1.84 bits per heavy atom. The molecule has 0 saturated carbocycles. The number of nitrogens with two attached hydrogens (primary N) is 1. The molecule has 0 spiro atoms. The van der Waals surface area contributed by atoms with E-state index in [1.807, 2.05) is 13.8 Å². The van der Waals surface area contributed by atoms with Crippen molar-refractivity contribution in [2.75, 3.05) is 35.3 Å². The van der Waals surface area contributed by atoms with Gasteiger partial charge in [-0.2, -0.15) is 15.0 Å². The van der Waals surface area contributed by atoms with Crippen LogP contribution in [0.15, 0.2) is 0 Å². The van der Waals surface area contributed by atoms with Crippen molar-refractivity contribution in [2.24, 2.45) is 5.84 Å². The van der Waals surface area contributed by atoms with E-state index in [-0.39, 0.29) is 6.61 Å². The molecule has 5 N–H and O–H groups in total. The molecule has 19 heavy (non-hydrogen) atoms. The summed E-state index contributed by atoms with van der Waals surface area (Å²) < 4.78 is 0. The van der Waals surface area contributed by atoms with Gasteiger partial charge in [-0.25, -0.2) is 5.84 Å². The van der Waals surface area contributed by atoms with Gasteiger partial charge < -0.3 is 15.3 Å². The number of rotatable bonds is 5. The van der Waals surface area contributed by atoms with Gasteiger partial charge in [0.25, 0.3) is 0 Å². The largest absolute Gasteiger partial charge is 0.394 e. The lowest BCUT2D eigenvalue weighted by molar-refractivity contribution is 0.233. The average Bonchev–Trinajstić information content (AvgIpc) is 2.91. The van der Waals surface area contributed by atoms with Gasteiger partial charge in [-0.1, -0.05) is 0 Å². The lowest BCUT2D eigenvalue weighted by Crippen LogP contribution is -2.36. The highest BCUT2D eigenvalue weighted by molar-refractivity contribution is 5.44. The van der Waals surface area contributed by atoms with Crippen molar-refractivity contribution in [3.05, 3.63) is 0 Å². The summed E-state index contributed by atoms with van der Waals surface area (Å²) in [6.07, 6.45) is 2.28. The third kappa shape index (κ3) is 3.42. The highest BCUT2D eigenvalue weighted by Gasteiger charge is 2.21. The molecule has 0 aromatic carbocycles. The van der Waals surface area contributed by atoms with Crippen LogP contribution in [0.1, 0.15) is 26.7 Å². The predicted molar refractivity (Wildman–Crippen MR) is 73.9 cm³/mol. The molecule has 0 aliphatic carbocycles. The van der Waals surface area contributed by atoms with E-state index in [4.69, 9.17) is 5.84 Å². The van der Waals surface area contributed by atoms with E-state index in [1.54, 1.807) is 0 Å². The molecular weight excluding hydrogens is 246 g/mol. The van der Waals surface area contributed by atoms with Gasteiger partial charge in [0.1, 0.15) is 0 Å². The van der Waals surface area contributed by atoms with Crippen LogP contribution < -0.4 is 21.5 Å². The van der Waals surface area contributed by atoms with E-state index in [0.717, 1.165) is 25.9 Å². The summed E-state index contributed by atoms with van der Waals surface area (Å²) in [4.78, 5) is 14.9. The van der Waals surface area contributed by atoms with Crippen LogP contribution in [-0.4, -0.2) is 45.3 Å². The molecule has 0 atom stereocenters. The molecule has 2 heterocycles. The quantitative estimate of drug-likeness (QED) is 0.433. The number of nitrogens with zero attached hydrogens (tertiary/aromatic N) is 4. The highest BCUT2D eigenvalue weighted by Crippen LogP contribution is 2.19. The van der Waals surface area contributed by atoms with Crippen molar-refractivity contribution < 1.29 is 5.11 Å². The number of aromatic nitrogens is 3. The number of nitrogens with one attached hydrogen (secondary N) is 2. The van der Waals surface area contributed by atoms with E-state index in [1.165, 1.54) is 0 Å². The van der Waals surface area contributed by atoms with Crippen molar-refractivity contribution >= 4 is 17.8 Å². The normalized spacial score (nSPS) is 15.7. The molecule has 0 unspecified atom stereocenters. The van der Waals surface area contributed by atoms with Crippen molar-refractivity contribution in [3.63, 3.8) is 0 Å². The molecule has 1 saturated heterocycles. The van der Waals surface area contributed by atoms with Crippen LogP contribution in [-0.2, 0) is 0 Å². The van der Waals surface area contributed by atoms with Crippen molar-refractivity contribution in [1.82, 2.24) is 15.0 Å². The summed E-state index contributed by atoms with van der Waals surface area (Å²) in [7, 11) is 0. The third-order valence-electron chi connectivity index (χ3n) is 2.99. The SMILES string of the molecule is CC(C)(CO)Nc1nc(NN)nc(N2CCCC2)n1. The van der Waals surface area contributed by atoms with Crippen LogP contribution in [0.4, 0.5) is 17.8 Å². The molecule has 1 fully saturated rings. The Hall–Kier alpha value is -1.67. The fourth-order valence-corrected chi connectivity index (χ4v) is 1.89. The van der Waals surface area contributed by atoms with Gasteiger partial charge >= 0.3 is 0 Å². The molecule has 106 valence electrons. The number of aliphatic hydroxyl groups is 1. The maximum absolute atomic E-state index is 9.28. The van der Waals surface area contributed by atoms with Gasteiger partial charge in [0.15, 0.2) is 0 Å². The summed E-state index contributed by atoms with van der Waals surface area (Å²) in [5, 5.41) is 12.4. The fraction of sp³-hybridized carbons (Fsp3) is 0.727. The second kappa shape index (κ2) is 5.54. The van der Waals surface area contributed by atoms with Crippen molar-refractivity contribution in [1.29, 1.82) is 0 Å². The van der Waals surface area contributed by atoms with Crippen LogP contribution in [0.5, 0.6) is 0 Å². The highest BCUT2D eigenvalue weighted by atomic mass is 16.3. The molecule has 1 aliphatic heterocycles. The number of nitrogen functional groups attached to an aromatic ring is 1. The van der Waals surface area contributed by atoms with Gasteiger partial charge in [-0.05, 0) is 26.7 Å². The van der Waals surface area contributed by atoms with Crippen LogP contribution in [0.3, 0.4) is 0 Å². The van der Waals surface area contributed by atoms with Crippen LogP contribution in [0.2, 0.25) is 0 Å². The smallest absolute Gasteiger partial charge is 0.243 e. The molecule has 8 heteroatoms. The molecule has 0 radical (unpaired) electrons. The first-order valence-corrected chi connectivity index (χ1v) is 6.41. The molecule has 0 bridgehead atoms. The van der Waals surface area contributed by atoms with E-state index in [9.17, 15) is 5.11 Å². The minimum Gasteiger partial charge on any atom is -0.394 e. The monoisotopic (exact) mass is 267 g/mol. The number of hydrogen-bond acceptors (Lipinski definition) is 8. The number of aliphatic hydroxyl groups excluding tert-OH is 1. The lowest BCUT2D eigenvalue weighted by atomic mass is 10.1. The minimum atomic E-state index is -0.504. The Morgan fingerprint density at radius 1 is 1.21 bits per heavy atom. The number of hydrogen-bond donors (Lipinski definition) is 4. The predicted octanol–water partition coefficient (Wildman–Crippen LogP) is -0.0598. The van der Waals surface area contributed by atoms with Crippen LogP contribution >= 0.6 is 0 Å². The van der Waals surface area contributed by atoms with Gasteiger partial charge in [0.2, 0.25) is 17.8 Å². The Balaban J connectivity index is 2.25. The maximum atomic E-state index is 9.28. The van der Waals surface area contributed by atoms with E-state index in [0.29, 0.717) is 17.8 Å². The standard InChI is InChI=1S/C11H21N7O/c1-11(2,7-19)16-8-13-9(17-12)15-10(14-8)18-5-3-4-6-18/h19H,3-7,12H2,1-2H3,(H2,13,14,15,16,17). The van der Waals surface area contributed by atoms with Crippen molar-refractivity contribution in [2.45, 2.75) is 32.2 Å². The Morgan fingerprint density at radius 3 is 2.42 bits per heavy atom. The zero-order valence-electron chi connectivity index (χ0n) is 11.3. The topological polar surface area (TPSA) is 112 Å². The second-order valence-electron chi connectivity index (χ2n) is 5.29. The van der Waals surface area contributed by atoms with Crippen LogP contribution in [0.25, 0.3) is 0 Å². The first-order chi connectivity index (χ1) is 9.04. The molecule has 1 aliphatic rings. The second-order valence-corrected chi connectivity index (χ2v) is 5.29. The molecule has 2 rings (SSSR count). The Kier molecular flexibility index (Phi) is 4.01. The number of anilines is 3. The molecule has 1 aromatic rings. The summed E-state index contributed by atoms with van der Waals surface area (Å²) in [6.45, 7) is 5.58. The van der Waals surface area contributed by atoms with Crippen LogP contribution in [0, 0.1) is 0 Å². The minimum absolute atomic E-state index is 0.0247. The van der Waals surface area contributed by atoms with Gasteiger partial charge in [0.05, 0.1) is 12.1 Å². The molecule has 0 amide bonds. The summed E-state index contributed by atoms with van der Waals surface area (Å²) in [5.41, 5.74) is 1.94. The lowest BCUT2D eigenvalue weighted by Gasteiger charge is -2.24. The molecule has 1 aromatic heterocycles. The van der Waals surface area contributed by atoms with Crippen molar-refractivity contribution in [3.8, 4) is 0 Å². The summed E-state index contributed by atoms with van der Waals surface area (Å²) >= 11 is 0. The Bertz CT molecular complexity index is 431. The molecule has 8 nitrogen and oxygen atoms in total. The van der Waals surface area contributed by atoms with Gasteiger partial charge in [-0.3, -0.25) is 5.43 Å². The summed E-state index contributed by atoms with van der Waals surface area (Å²) in [6, 6.07) is 0. The Labute approximate surface area is 112 Å². The zero-order valence-corrected chi connectivity index (χ0v) is 11.3.